The van der Waals surface area contributed by atoms with Crippen molar-refractivity contribution < 1.29 is 29.4 Å². The number of carboxylic acid groups (broad SMARTS) is 2. The third-order valence-electron chi connectivity index (χ3n) is 2.99. The van der Waals surface area contributed by atoms with E-state index < -0.39 is 42.0 Å². The molecule has 124 valence electrons. The zero-order valence-corrected chi connectivity index (χ0v) is 13.4. The summed E-state index contributed by atoms with van der Waals surface area (Å²) in [6, 6.07) is 2.26. The molecular weight excluding hydrogens is 349 g/mol. The van der Waals surface area contributed by atoms with Gasteiger partial charge in [-0.15, -0.1) is 0 Å². The summed E-state index contributed by atoms with van der Waals surface area (Å²) >= 11 is 11.5. The van der Waals surface area contributed by atoms with Gasteiger partial charge < -0.3 is 15.5 Å². The number of hydrogen-bond donors (Lipinski definition) is 3. The van der Waals surface area contributed by atoms with Gasteiger partial charge in [0, 0.05) is 18.9 Å². The highest BCUT2D eigenvalue weighted by molar-refractivity contribution is 6.42. The molecule has 0 saturated carbocycles. The largest absolute Gasteiger partial charge is 0.481 e. The lowest BCUT2D eigenvalue weighted by Crippen LogP contribution is -2.48. The van der Waals surface area contributed by atoms with E-state index in [2.05, 4.69) is 0 Å². The molecule has 9 heteroatoms. The smallest absolute Gasteiger partial charge is 0.327 e. The Morgan fingerprint density at radius 1 is 1.09 bits per heavy atom. The molecule has 0 bridgehead atoms. The first kappa shape index (κ1) is 18.9. The van der Waals surface area contributed by atoms with Crippen molar-refractivity contribution in [2.24, 2.45) is 5.92 Å². The van der Waals surface area contributed by atoms with Crippen LogP contribution in [0.3, 0.4) is 0 Å². The summed E-state index contributed by atoms with van der Waals surface area (Å²) in [7, 11) is 0. The van der Waals surface area contributed by atoms with Crippen molar-refractivity contribution in [3.05, 3.63) is 33.8 Å². The van der Waals surface area contributed by atoms with Crippen LogP contribution in [-0.4, -0.2) is 39.9 Å². The molecule has 0 radical (unpaired) electrons. The van der Waals surface area contributed by atoms with Crippen molar-refractivity contribution in [1.29, 1.82) is 0 Å². The molecular formula is C14H13Cl2NO6. The fraction of sp³-hybridized carbons (Fsp3) is 0.286. The van der Waals surface area contributed by atoms with Crippen LogP contribution in [0.2, 0.25) is 10.0 Å². The van der Waals surface area contributed by atoms with Gasteiger partial charge in [-0.2, -0.15) is 0 Å². The molecule has 2 atom stereocenters. The van der Waals surface area contributed by atoms with E-state index in [0.29, 0.717) is 0 Å². The minimum Gasteiger partial charge on any atom is -0.481 e. The Balaban J connectivity index is 3.04. The van der Waals surface area contributed by atoms with Crippen molar-refractivity contribution in [2.45, 2.75) is 19.4 Å². The first-order valence-electron chi connectivity index (χ1n) is 6.34. The molecule has 0 heterocycles. The Morgan fingerprint density at radius 3 is 2.13 bits per heavy atom. The summed E-state index contributed by atoms with van der Waals surface area (Å²) in [6.07, 6.45) is -0.620. The van der Waals surface area contributed by atoms with Crippen LogP contribution >= 0.6 is 23.2 Å². The number of hydrogen-bond acceptors (Lipinski definition) is 4. The quantitative estimate of drug-likeness (QED) is 0.637. The summed E-state index contributed by atoms with van der Waals surface area (Å²) in [5.41, 5.74) is 0.0950. The molecule has 1 rings (SSSR count). The zero-order valence-electron chi connectivity index (χ0n) is 11.9. The van der Waals surface area contributed by atoms with Crippen LogP contribution < -0.4 is 5.32 Å². The first-order valence-corrected chi connectivity index (χ1v) is 7.10. The van der Waals surface area contributed by atoms with Crippen molar-refractivity contribution >= 4 is 46.8 Å². The Kier molecular flexibility index (Phi) is 6.53. The van der Waals surface area contributed by atoms with Gasteiger partial charge in [-0.25, -0.2) is 4.79 Å². The molecule has 1 aromatic rings. The van der Waals surface area contributed by atoms with E-state index in [1.807, 2.05) is 5.32 Å². The first-order chi connectivity index (χ1) is 10.6. The van der Waals surface area contributed by atoms with Crippen molar-refractivity contribution in [1.82, 2.24) is 5.32 Å². The third kappa shape index (κ3) is 5.22. The van der Waals surface area contributed by atoms with Gasteiger partial charge in [-0.1, -0.05) is 23.2 Å². The van der Waals surface area contributed by atoms with Gasteiger partial charge in [0.2, 0.25) is 5.91 Å². The normalized spacial score (nSPS) is 13.0. The van der Waals surface area contributed by atoms with E-state index in [9.17, 15) is 24.3 Å². The van der Waals surface area contributed by atoms with Crippen LogP contribution in [0.1, 0.15) is 23.7 Å². The maximum Gasteiger partial charge on any atom is 0.327 e. The predicted octanol–water partition coefficient (Wildman–Crippen LogP) is 1.86. The highest BCUT2D eigenvalue weighted by Gasteiger charge is 2.36. The lowest BCUT2D eigenvalue weighted by Gasteiger charge is -2.20. The number of rotatable bonds is 7. The molecule has 3 N–H and O–H groups in total. The summed E-state index contributed by atoms with van der Waals surface area (Å²) < 4.78 is 0. The summed E-state index contributed by atoms with van der Waals surface area (Å²) in [5, 5.41) is 20.6. The molecule has 0 aromatic heterocycles. The van der Waals surface area contributed by atoms with E-state index >= 15 is 0 Å². The molecule has 23 heavy (non-hydrogen) atoms. The fourth-order valence-corrected chi connectivity index (χ4v) is 2.19. The number of halogens is 2. The molecule has 2 unspecified atom stereocenters. The van der Waals surface area contributed by atoms with Crippen molar-refractivity contribution in [2.75, 3.05) is 0 Å². The molecule has 7 nitrogen and oxygen atoms in total. The number of Topliss-reactive ketones (excluding diaryl/α,β-unsaturated/α-hetero) is 1. The molecule has 0 aliphatic carbocycles. The zero-order chi connectivity index (χ0) is 17.7. The van der Waals surface area contributed by atoms with Gasteiger partial charge >= 0.3 is 11.9 Å². The molecule has 0 fully saturated rings. The number of amides is 1. The maximum atomic E-state index is 12.2. The molecule has 1 aromatic carbocycles. The molecule has 0 saturated heterocycles. The Bertz CT molecular complexity index is 661. The maximum absolute atomic E-state index is 12.2. The topological polar surface area (TPSA) is 121 Å². The Labute approximate surface area is 141 Å². The van der Waals surface area contributed by atoms with Gasteiger partial charge in [0.05, 0.1) is 16.0 Å². The number of ketones is 1. The number of carbonyl (C=O) groups is 4. The standard InChI is InChI=1S/C14H13Cl2NO6/c1-6(18)17-12(14(22)23)8(13(20)21)5-11(19)7-2-3-9(15)10(16)4-7/h2-4,8,12H,5H2,1H3,(H,17,18)(H,20,21)(H,22,23). The Hall–Kier alpha value is -2.12. The van der Waals surface area contributed by atoms with Crippen LogP contribution in [0.25, 0.3) is 0 Å². The van der Waals surface area contributed by atoms with Crippen LogP contribution in [0.15, 0.2) is 18.2 Å². The number of benzene rings is 1. The van der Waals surface area contributed by atoms with Crippen molar-refractivity contribution in [3.8, 4) is 0 Å². The lowest BCUT2D eigenvalue weighted by molar-refractivity contribution is -0.151. The van der Waals surface area contributed by atoms with Gasteiger partial charge in [0.1, 0.15) is 6.04 Å². The van der Waals surface area contributed by atoms with Crippen LogP contribution in [-0.2, 0) is 14.4 Å². The van der Waals surface area contributed by atoms with Crippen LogP contribution in [0, 0.1) is 5.92 Å². The Morgan fingerprint density at radius 2 is 1.70 bits per heavy atom. The van der Waals surface area contributed by atoms with E-state index in [4.69, 9.17) is 28.3 Å². The highest BCUT2D eigenvalue weighted by atomic mass is 35.5. The molecule has 0 spiro atoms. The van der Waals surface area contributed by atoms with Crippen LogP contribution in [0.5, 0.6) is 0 Å². The number of nitrogens with one attached hydrogen (secondary N) is 1. The fourth-order valence-electron chi connectivity index (χ4n) is 1.89. The van der Waals surface area contributed by atoms with Gasteiger partial charge in [0.15, 0.2) is 5.78 Å². The van der Waals surface area contributed by atoms with Crippen molar-refractivity contribution in [3.63, 3.8) is 0 Å². The third-order valence-corrected chi connectivity index (χ3v) is 3.73. The number of carboxylic acids is 2. The summed E-state index contributed by atoms with van der Waals surface area (Å²) in [4.78, 5) is 45.7. The average molecular weight is 362 g/mol. The molecule has 0 aliphatic rings. The minimum atomic E-state index is -1.73. The highest BCUT2D eigenvalue weighted by Crippen LogP contribution is 2.24. The molecule has 0 aliphatic heterocycles. The van der Waals surface area contributed by atoms with Gasteiger partial charge in [0.25, 0.3) is 0 Å². The van der Waals surface area contributed by atoms with Gasteiger partial charge in [-0.05, 0) is 18.2 Å². The average Bonchev–Trinajstić information content (AvgIpc) is 2.44. The predicted molar refractivity (Wildman–Crippen MR) is 81.8 cm³/mol. The minimum absolute atomic E-state index is 0.0950. The second-order valence-corrected chi connectivity index (χ2v) is 5.53. The number of aliphatic carboxylic acids is 2. The van der Waals surface area contributed by atoms with Crippen LogP contribution in [0.4, 0.5) is 0 Å². The summed E-state index contributed by atoms with van der Waals surface area (Å²) in [5.74, 6) is -6.04. The number of carbonyl (C=O) groups excluding carboxylic acids is 2. The molecule has 1 amide bonds. The van der Waals surface area contributed by atoms with E-state index in [0.717, 1.165) is 6.92 Å². The van der Waals surface area contributed by atoms with E-state index in [-0.39, 0.29) is 15.6 Å². The lowest BCUT2D eigenvalue weighted by atomic mass is 9.91. The van der Waals surface area contributed by atoms with Gasteiger partial charge in [-0.3, -0.25) is 14.4 Å². The monoisotopic (exact) mass is 361 g/mol. The van der Waals surface area contributed by atoms with E-state index in [1.54, 1.807) is 0 Å². The SMILES string of the molecule is CC(=O)NC(C(=O)O)C(CC(=O)c1ccc(Cl)c(Cl)c1)C(=O)O. The summed E-state index contributed by atoms with van der Waals surface area (Å²) in [6.45, 7) is 1.05. The van der Waals surface area contributed by atoms with E-state index in [1.165, 1.54) is 18.2 Å². The second-order valence-electron chi connectivity index (χ2n) is 4.72. The second kappa shape index (κ2) is 7.94.